The van der Waals surface area contributed by atoms with Crippen molar-refractivity contribution in [3.8, 4) is 0 Å². The van der Waals surface area contributed by atoms with Crippen molar-refractivity contribution < 1.29 is 9.72 Å². The molecule has 1 amide bonds. The van der Waals surface area contributed by atoms with Crippen molar-refractivity contribution in [3.05, 3.63) is 55.8 Å². The molecule has 0 radical (unpaired) electrons. The molecule has 0 unspecified atom stereocenters. The molecule has 25 heavy (non-hydrogen) atoms. The number of carbonyl (C=O) groups is 1. The number of hydrogen-bond acceptors (Lipinski definition) is 5. The maximum Gasteiger partial charge on any atom is 0.293 e. The van der Waals surface area contributed by atoms with Crippen LogP contribution in [0.3, 0.4) is 0 Å². The van der Waals surface area contributed by atoms with Crippen LogP contribution in [-0.4, -0.2) is 28.8 Å². The second kappa shape index (κ2) is 7.33. The summed E-state index contributed by atoms with van der Waals surface area (Å²) >= 11 is 1.70. The highest BCUT2D eigenvalue weighted by Crippen LogP contribution is 2.34. The number of nitrogens with zero attached hydrogens (tertiary/aromatic N) is 2. The minimum Gasteiger partial charge on any atom is -0.319 e. The second-order valence-corrected chi connectivity index (χ2v) is 7.38. The Kier molecular flexibility index (Phi) is 5.15. The number of nitro benzene ring substituents is 1. The highest BCUT2D eigenvalue weighted by molar-refractivity contribution is 7.10. The van der Waals surface area contributed by atoms with Gasteiger partial charge in [0, 0.05) is 17.0 Å². The molecule has 1 N–H and O–H groups in total. The summed E-state index contributed by atoms with van der Waals surface area (Å²) < 4.78 is 0. The summed E-state index contributed by atoms with van der Waals surface area (Å²) in [7, 11) is 0. The van der Waals surface area contributed by atoms with Gasteiger partial charge in [-0.15, -0.1) is 11.3 Å². The largest absolute Gasteiger partial charge is 0.319 e. The molecule has 0 bridgehead atoms. The molecule has 1 fully saturated rings. The minimum atomic E-state index is -0.452. The van der Waals surface area contributed by atoms with Crippen molar-refractivity contribution in [2.45, 2.75) is 32.7 Å². The first-order valence-electron chi connectivity index (χ1n) is 8.28. The number of likely N-dealkylation sites (tertiary alicyclic amines) is 1. The molecule has 1 aliphatic heterocycles. The predicted octanol–water partition coefficient (Wildman–Crippen LogP) is 4.05. The fourth-order valence-electron chi connectivity index (χ4n) is 3.24. The van der Waals surface area contributed by atoms with Gasteiger partial charge in [-0.3, -0.25) is 19.8 Å². The molecule has 0 saturated carbocycles. The Morgan fingerprint density at radius 2 is 2.16 bits per heavy atom. The zero-order valence-corrected chi connectivity index (χ0v) is 15.1. The van der Waals surface area contributed by atoms with Gasteiger partial charge in [0.25, 0.3) is 5.69 Å². The van der Waals surface area contributed by atoms with Crippen molar-refractivity contribution in [3.63, 3.8) is 0 Å². The molecule has 1 aromatic carbocycles. The Hall–Kier alpha value is -2.25. The molecular weight excluding hydrogens is 338 g/mol. The van der Waals surface area contributed by atoms with E-state index in [2.05, 4.69) is 16.3 Å². The van der Waals surface area contributed by atoms with Gasteiger partial charge in [-0.2, -0.15) is 0 Å². The summed E-state index contributed by atoms with van der Waals surface area (Å²) in [6.07, 6.45) is 2.09. The van der Waals surface area contributed by atoms with Crippen LogP contribution in [0.4, 0.5) is 11.4 Å². The van der Waals surface area contributed by atoms with Crippen molar-refractivity contribution in [2.75, 3.05) is 18.4 Å². The van der Waals surface area contributed by atoms with Gasteiger partial charge in [-0.25, -0.2) is 0 Å². The highest BCUT2D eigenvalue weighted by Gasteiger charge is 2.28. The number of hydrogen-bond donors (Lipinski definition) is 1. The Labute approximate surface area is 150 Å². The molecule has 7 heteroatoms. The van der Waals surface area contributed by atoms with Crippen LogP contribution in [0, 0.1) is 24.0 Å². The van der Waals surface area contributed by atoms with E-state index in [0.717, 1.165) is 30.5 Å². The summed E-state index contributed by atoms with van der Waals surface area (Å²) in [5.74, 6) is -0.213. The number of anilines is 1. The number of carbonyl (C=O) groups excluding carboxylic acids is 1. The topological polar surface area (TPSA) is 75.5 Å². The molecular formula is C18H21N3O3S. The average molecular weight is 359 g/mol. The van der Waals surface area contributed by atoms with E-state index in [1.165, 1.54) is 10.9 Å². The summed E-state index contributed by atoms with van der Waals surface area (Å²) in [6.45, 7) is 4.81. The number of rotatable bonds is 5. The van der Waals surface area contributed by atoms with Gasteiger partial charge in [0.1, 0.15) is 5.69 Å². The van der Waals surface area contributed by atoms with Crippen molar-refractivity contribution in [2.24, 2.45) is 0 Å². The Balaban J connectivity index is 1.73. The van der Waals surface area contributed by atoms with E-state index in [-0.39, 0.29) is 29.9 Å². The summed E-state index contributed by atoms with van der Waals surface area (Å²) in [4.78, 5) is 26.7. The van der Waals surface area contributed by atoms with Crippen LogP contribution in [0.25, 0.3) is 0 Å². The molecule has 0 aliphatic carbocycles. The number of nitro groups is 1. The molecule has 0 spiro atoms. The van der Waals surface area contributed by atoms with E-state index in [9.17, 15) is 14.9 Å². The van der Waals surface area contributed by atoms with E-state index >= 15 is 0 Å². The lowest BCUT2D eigenvalue weighted by atomic mass is 10.1. The number of aryl methyl sites for hydroxylation is 2. The third-order valence-corrected chi connectivity index (χ3v) is 5.64. The number of amides is 1. The standard InChI is InChI=1S/C18H21N3O3S/c1-12-9-14(16(21(23)24)10-13(12)2)19-18(22)11-20-7-3-5-15(20)17-6-4-8-25-17/h4,6,8-10,15H,3,5,7,11H2,1-2H3,(H,19,22)/t15-/m0/s1. The molecule has 1 saturated heterocycles. The summed E-state index contributed by atoms with van der Waals surface area (Å²) in [5.41, 5.74) is 1.96. The normalized spacial score (nSPS) is 17.6. The van der Waals surface area contributed by atoms with Gasteiger partial charge in [0.2, 0.25) is 5.91 Å². The van der Waals surface area contributed by atoms with Crippen LogP contribution >= 0.6 is 11.3 Å². The molecule has 132 valence electrons. The van der Waals surface area contributed by atoms with Crippen molar-refractivity contribution in [1.29, 1.82) is 0 Å². The first-order chi connectivity index (χ1) is 12.0. The second-order valence-electron chi connectivity index (χ2n) is 6.40. The first-order valence-corrected chi connectivity index (χ1v) is 9.16. The zero-order chi connectivity index (χ0) is 18.0. The van der Waals surface area contributed by atoms with E-state index in [1.807, 2.05) is 25.3 Å². The van der Waals surface area contributed by atoms with Crippen LogP contribution < -0.4 is 5.32 Å². The Bertz CT molecular complexity index is 789. The van der Waals surface area contributed by atoms with Gasteiger partial charge in [-0.05, 0) is 61.9 Å². The molecule has 1 aliphatic rings. The smallest absolute Gasteiger partial charge is 0.293 e. The summed E-state index contributed by atoms with van der Waals surface area (Å²) in [6, 6.07) is 7.57. The van der Waals surface area contributed by atoms with Gasteiger partial charge in [0.15, 0.2) is 0 Å². The predicted molar refractivity (Wildman–Crippen MR) is 99.1 cm³/mol. The number of thiophene rings is 1. The zero-order valence-electron chi connectivity index (χ0n) is 14.3. The lowest BCUT2D eigenvalue weighted by Crippen LogP contribution is -2.32. The van der Waals surface area contributed by atoms with Gasteiger partial charge < -0.3 is 5.32 Å². The lowest BCUT2D eigenvalue weighted by Gasteiger charge is -2.23. The van der Waals surface area contributed by atoms with Gasteiger partial charge >= 0.3 is 0 Å². The maximum atomic E-state index is 12.5. The first kappa shape index (κ1) is 17.6. The number of benzene rings is 1. The molecule has 2 aromatic rings. The van der Waals surface area contributed by atoms with E-state index < -0.39 is 4.92 Å². The van der Waals surface area contributed by atoms with E-state index in [4.69, 9.17) is 0 Å². The van der Waals surface area contributed by atoms with Crippen LogP contribution in [0.1, 0.15) is 34.9 Å². The third-order valence-electron chi connectivity index (χ3n) is 4.66. The SMILES string of the molecule is Cc1cc(NC(=O)CN2CCC[C@H]2c2cccs2)c([N+](=O)[O-])cc1C. The molecule has 2 heterocycles. The Morgan fingerprint density at radius 3 is 2.84 bits per heavy atom. The quantitative estimate of drug-likeness (QED) is 0.645. The fraction of sp³-hybridized carbons (Fsp3) is 0.389. The van der Waals surface area contributed by atoms with Crippen LogP contribution in [0.2, 0.25) is 0 Å². The van der Waals surface area contributed by atoms with Gasteiger partial charge in [-0.1, -0.05) is 6.07 Å². The molecule has 1 aromatic heterocycles. The van der Waals surface area contributed by atoms with Crippen LogP contribution in [0.5, 0.6) is 0 Å². The van der Waals surface area contributed by atoms with E-state index in [1.54, 1.807) is 17.4 Å². The third kappa shape index (κ3) is 3.88. The Morgan fingerprint density at radius 1 is 1.40 bits per heavy atom. The summed E-state index contributed by atoms with van der Waals surface area (Å²) in [5, 5.41) is 16.0. The minimum absolute atomic E-state index is 0.0623. The van der Waals surface area contributed by atoms with Crippen LogP contribution in [0.15, 0.2) is 29.6 Å². The molecule has 1 atom stereocenters. The molecule has 3 rings (SSSR count). The van der Waals surface area contributed by atoms with Crippen LogP contribution in [-0.2, 0) is 4.79 Å². The van der Waals surface area contributed by atoms with Crippen molar-refractivity contribution >= 4 is 28.6 Å². The maximum absolute atomic E-state index is 12.5. The van der Waals surface area contributed by atoms with Gasteiger partial charge in [0.05, 0.1) is 11.5 Å². The highest BCUT2D eigenvalue weighted by atomic mass is 32.1. The lowest BCUT2D eigenvalue weighted by molar-refractivity contribution is -0.384. The number of nitrogens with one attached hydrogen (secondary N) is 1. The van der Waals surface area contributed by atoms with Crippen molar-refractivity contribution in [1.82, 2.24) is 4.90 Å². The molecule has 6 nitrogen and oxygen atoms in total. The fourth-order valence-corrected chi connectivity index (χ4v) is 4.14. The average Bonchev–Trinajstić information content (AvgIpc) is 3.21. The monoisotopic (exact) mass is 359 g/mol. The van der Waals surface area contributed by atoms with E-state index in [0.29, 0.717) is 0 Å².